The Hall–Kier alpha value is -2.43. The van der Waals surface area contributed by atoms with E-state index in [2.05, 4.69) is 54.6 Å². The standard InChI is InChI=1S/C20H16/c1-15(2)20(17-9-4-3-5-10-17)19-13-12-16-8-6-7-11-18(16)14-19/h1,3-14H,2H3/q+1. The van der Waals surface area contributed by atoms with Crippen LogP contribution in [-0.4, -0.2) is 0 Å². The Morgan fingerprint density at radius 3 is 2.05 bits per heavy atom. The van der Waals surface area contributed by atoms with Crippen molar-refractivity contribution < 1.29 is 0 Å². The van der Waals surface area contributed by atoms with Crippen LogP contribution in [0.5, 0.6) is 0 Å². The second kappa shape index (κ2) is 5.28. The summed E-state index contributed by atoms with van der Waals surface area (Å²) in [5.74, 6) is 1.11. The van der Waals surface area contributed by atoms with Crippen LogP contribution in [0.1, 0.15) is 18.1 Å². The van der Waals surface area contributed by atoms with Gasteiger partial charge in [-0.15, -0.1) is 0 Å². The number of rotatable bonds is 3. The zero-order chi connectivity index (χ0) is 13.9. The molecule has 3 rings (SSSR count). The number of hydrogen-bond donors (Lipinski definition) is 0. The van der Waals surface area contributed by atoms with E-state index in [4.69, 9.17) is 6.58 Å². The van der Waals surface area contributed by atoms with Crippen molar-refractivity contribution in [2.75, 3.05) is 0 Å². The molecule has 0 saturated heterocycles. The van der Waals surface area contributed by atoms with E-state index in [0.29, 0.717) is 0 Å². The second-order valence-corrected chi connectivity index (χ2v) is 4.99. The molecule has 0 nitrogen and oxygen atoms in total. The van der Waals surface area contributed by atoms with Crippen molar-refractivity contribution in [3.05, 3.63) is 102 Å². The molecule has 0 atom stereocenters. The largest absolute Gasteiger partial charge is 0.206 e. The summed E-state index contributed by atoms with van der Waals surface area (Å²) in [4.78, 5) is 0. The third-order valence-electron chi connectivity index (χ3n) is 3.49. The minimum Gasteiger partial charge on any atom is -0.0622 e. The molecule has 0 heteroatoms. The highest BCUT2D eigenvalue weighted by molar-refractivity contribution is 5.84. The summed E-state index contributed by atoms with van der Waals surface area (Å²) in [5.41, 5.74) is 3.16. The molecule has 0 aliphatic carbocycles. The maximum Gasteiger partial charge on any atom is 0.206 e. The number of hydrogen-bond acceptors (Lipinski definition) is 0. The first-order valence-electron chi connectivity index (χ1n) is 6.76. The lowest BCUT2D eigenvalue weighted by Gasteiger charge is -2.13. The summed E-state index contributed by atoms with van der Waals surface area (Å²) in [6.07, 6.45) is 0. The van der Waals surface area contributed by atoms with Crippen LogP contribution in [0.4, 0.5) is 0 Å². The monoisotopic (exact) mass is 256 g/mol. The van der Waals surface area contributed by atoms with E-state index >= 15 is 0 Å². The van der Waals surface area contributed by atoms with Gasteiger partial charge in [0.1, 0.15) is 5.92 Å². The maximum atomic E-state index is 6.12. The Balaban J connectivity index is 2.13. The lowest BCUT2D eigenvalue weighted by Crippen LogP contribution is -2.03. The van der Waals surface area contributed by atoms with Gasteiger partial charge in [-0.25, -0.2) is 0 Å². The van der Waals surface area contributed by atoms with Gasteiger partial charge in [-0.2, -0.15) is 0 Å². The molecule has 0 fully saturated rings. The summed E-state index contributed by atoms with van der Waals surface area (Å²) in [6, 6.07) is 25.2. The summed E-state index contributed by atoms with van der Waals surface area (Å²) in [6.45, 7) is 8.08. The normalized spacial score (nSPS) is 10.8. The van der Waals surface area contributed by atoms with Gasteiger partial charge in [-0.3, -0.25) is 0 Å². The molecule has 3 aromatic rings. The van der Waals surface area contributed by atoms with Crippen LogP contribution >= 0.6 is 0 Å². The predicted molar refractivity (Wildman–Crippen MR) is 85.3 cm³/mol. The molecule has 0 saturated carbocycles. The first-order chi connectivity index (χ1) is 9.75. The fraction of sp³-hybridized carbons (Fsp3) is 0.0500. The van der Waals surface area contributed by atoms with Crippen molar-refractivity contribution in [2.45, 2.75) is 6.92 Å². The Kier molecular flexibility index (Phi) is 3.33. The molecule has 1 radical (unpaired) electrons. The fourth-order valence-corrected chi connectivity index (χ4v) is 2.57. The van der Waals surface area contributed by atoms with E-state index in [0.717, 1.165) is 22.6 Å². The SMILES string of the molecule is [CH+]=C(C)[C](c1ccccc1)c1ccc2ccccc2c1. The number of allylic oxidation sites excluding steroid dienone is 1. The maximum absolute atomic E-state index is 6.12. The van der Waals surface area contributed by atoms with Crippen molar-refractivity contribution in [1.82, 2.24) is 0 Å². The van der Waals surface area contributed by atoms with Gasteiger partial charge in [-0.05, 0) is 28.0 Å². The Bertz CT molecular complexity index is 738. The minimum atomic E-state index is 0.839. The third kappa shape index (κ3) is 2.34. The van der Waals surface area contributed by atoms with E-state index in [1.165, 1.54) is 10.8 Å². The molecule has 0 N–H and O–H groups in total. The van der Waals surface area contributed by atoms with E-state index in [-0.39, 0.29) is 0 Å². The fourth-order valence-electron chi connectivity index (χ4n) is 2.57. The van der Waals surface area contributed by atoms with E-state index < -0.39 is 0 Å². The van der Waals surface area contributed by atoms with E-state index in [9.17, 15) is 0 Å². The molecular formula is C20H16+. The lowest BCUT2D eigenvalue weighted by atomic mass is 9.85. The zero-order valence-electron chi connectivity index (χ0n) is 11.5. The molecule has 0 unspecified atom stereocenters. The summed E-state index contributed by atoms with van der Waals surface area (Å²) in [5, 5.41) is 2.48. The van der Waals surface area contributed by atoms with Crippen molar-refractivity contribution in [1.29, 1.82) is 0 Å². The second-order valence-electron chi connectivity index (χ2n) is 4.99. The summed E-state index contributed by atoms with van der Waals surface area (Å²) in [7, 11) is 0. The van der Waals surface area contributed by atoms with Gasteiger partial charge in [0.25, 0.3) is 0 Å². The van der Waals surface area contributed by atoms with E-state index in [1.807, 2.05) is 25.1 Å². The Morgan fingerprint density at radius 2 is 1.35 bits per heavy atom. The van der Waals surface area contributed by atoms with Crippen LogP contribution < -0.4 is 0 Å². The number of fused-ring (bicyclic) bond motifs is 1. The molecule has 0 aliphatic heterocycles. The molecular weight excluding hydrogens is 240 g/mol. The van der Waals surface area contributed by atoms with Crippen molar-refractivity contribution >= 4 is 10.8 Å². The molecule has 3 aromatic carbocycles. The van der Waals surface area contributed by atoms with Gasteiger partial charge in [0.2, 0.25) is 6.58 Å². The predicted octanol–water partition coefficient (Wildman–Crippen LogP) is 5.19. The van der Waals surface area contributed by atoms with Crippen LogP contribution in [0.2, 0.25) is 0 Å². The van der Waals surface area contributed by atoms with Gasteiger partial charge >= 0.3 is 0 Å². The van der Waals surface area contributed by atoms with E-state index in [1.54, 1.807) is 0 Å². The molecule has 0 spiro atoms. The Labute approximate surface area is 120 Å². The summed E-state index contributed by atoms with van der Waals surface area (Å²) >= 11 is 0. The van der Waals surface area contributed by atoms with Crippen LogP contribution in [-0.2, 0) is 0 Å². The van der Waals surface area contributed by atoms with Crippen LogP contribution in [0.3, 0.4) is 0 Å². The smallest absolute Gasteiger partial charge is 0.0622 e. The highest BCUT2D eigenvalue weighted by atomic mass is 14.2. The topological polar surface area (TPSA) is 0 Å². The van der Waals surface area contributed by atoms with Gasteiger partial charge in [0.05, 0.1) is 0 Å². The zero-order valence-corrected chi connectivity index (χ0v) is 11.5. The molecule has 20 heavy (non-hydrogen) atoms. The van der Waals surface area contributed by atoms with Crippen LogP contribution in [0, 0.1) is 12.5 Å². The van der Waals surface area contributed by atoms with Crippen molar-refractivity contribution in [2.24, 2.45) is 0 Å². The molecule has 0 bridgehead atoms. The van der Waals surface area contributed by atoms with Crippen molar-refractivity contribution in [3.8, 4) is 0 Å². The Morgan fingerprint density at radius 1 is 0.700 bits per heavy atom. The van der Waals surface area contributed by atoms with Crippen LogP contribution in [0.25, 0.3) is 10.8 Å². The van der Waals surface area contributed by atoms with Crippen molar-refractivity contribution in [3.63, 3.8) is 0 Å². The molecule has 95 valence electrons. The molecule has 0 heterocycles. The summed E-state index contributed by atoms with van der Waals surface area (Å²) < 4.78 is 0. The highest BCUT2D eigenvalue weighted by Crippen LogP contribution is 2.31. The third-order valence-corrected chi connectivity index (χ3v) is 3.49. The highest BCUT2D eigenvalue weighted by Gasteiger charge is 2.21. The minimum absolute atomic E-state index is 0.839. The first-order valence-corrected chi connectivity index (χ1v) is 6.76. The first kappa shape index (κ1) is 12.6. The number of benzene rings is 3. The van der Waals surface area contributed by atoms with Gasteiger partial charge < -0.3 is 0 Å². The molecule has 0 aromatic heterocycles. The quantitative estimate of drug-likeness (QED) is 0.566. The van der Waals surface area contributed by atoms with Gasteiger partial charge in [-0.1, -0.05) is 66.7 Å². The lowest BCUT2D eigenvalue weighted by molar-refractivity contribution is 1.20. The average molecular weight is 256 g/mol. The molecule has 0 amide bonds. The average Bonchev–Trinajstić information content (AvgIpc) is 2.48. The molecule has 0 aliphatic rings. The van der Waals surface area contributed by atoms with Gasteiger partial charge in [0.15, 0.2) is 5.57 Å². The van der Waals surface area contributed by atoms with Crippen LogP contribution in [0.15, 0.2) is 78.4 Å². The van der Waals surface area contributed by atoms with Gasteiger partial charge in [0, 0.05) is 6.92 Å².